The second-order valence-electron chi connectivity index (χ2n) is 4.18. The molecule has 0 spiro atoms. The van der Waals surface area contributed by atoms with E-state index < -0.39 is 6.61 Å². The van der Waals surface area contributed by atoms with Gasteiger partial charge in [0.2, 0.25) is 0 Å². The lowest BCUT2D eigenvalue weighted by Gasteiger charge is -2.03. The van der Waals surface area contributed by atoms with Crippen molar-refractivity contribution in [2.45, 2.75) is 6.61 Å². The molecule has 0 saturated carbocycles. The van der Waals surface area contributed by atoms with Crippen LogP contribution < -0.4 is 9.47 Å². The zero-order valence-corrected chi connectivity index (χ0v) is 11.6. The molecule has 0 bridgehead atoms. The van der Waals surface area contributed by atoms with E-state index >= 15 is 0 Å². The first-order valence-corrected chi connectivity index (χ1v) is 6.27. The van der Waals surface area contributed by atoms with Crippen LogP contribution in [0.25, 0.3) is 0 Å². The van der Waals surface area contributed by atoms with Gasteiger partial charge in [0.1, 0.15) is 17.6 Å². The minimum atomic E-state index is -2.85. The maximum absolute atomic E-state index is 12.0. The summed E-state index contributed by atoms with van der Waals surface area (Å²) in [5, 5.41) is 9.01. The summed E-state index contributed by atoms with van der Waals surface area (Å²) in [7, 11) is 1.49. The molecule has 0 aromatic heterocycles. The summed E-state index contributed by atoms with van der Waals surface area (Å²) in [4.78, 5) is 0. The van der Waals surface area contributed by atoms with Crippen LogP contribution in [0.4, 0.5) is 8.78 Å². The van der Waals surface area contributed by atoms with Crippen LogP contribution in [0, 0.1) is 23.2 Å². The highest BCUT2D eigenvalue weighted by atomic mass is 19.3. The fourth-order valence-corrected chi connectivity index (χ4v) is 1.74. The molecule has 0 N–H and O–H groups in total. The van der Waals surface area contributed by atoms with Gasteiger partial charge in [-0.3, -0.25) is 0 Å². The molecule has 0 aliphatic carbocycles. The number of benzene rings is 2. The molecular weight excluding hydrogens is 288 g/mol. The van der Waals surface area contributed by atoms with Gasteiger partial charge in [0.05, 0.1) is 12.7 Å². The number of halogens is 2. The first-order valence-electron chi connectivity index (χ1n) is 6.27. The van der Waals surface area contributed by atoms with Gasteiger partial charge in [-0.25, -0.2) is 0 Å². The van der Waals surface area contributed by atoms with Gasteiger partial charge >= 0.3 is 6.61 Å². The topological polar surface area (TPSA) is 42.2 Å². The Hall–Kier alpha value is -3.05. The second-order valence-corrected chi connectivity index (χ2v) is 4.18. The van der Waals surface area contributed by atoms with Gasteiger partial charge in [0, 0.05) is 11.1 Å². The van der Waals surface area contributed by atoms with E-state index in [1.165, 1.54) is 19.2 Å². The molecule has 110 valence electrons. The van der Waals surface area contributed by atoms with Gasteiger partial charge < -0.3 is 9.47 Å². The van der Waals surface area contributed by atoms with E-state index in [4.69, 9.17) is 10.00 Å². The molecule has 0 amide bonds. The predicted molar refractivity (Wildman–Crippen MR) is 76.8 cm³/mol. The molecule has 0 atom stereocenters. The van der Waals surface area contributed by atoms with E-state index in [2.05, 4.69) is 16.6 Å². The zero-order chi connectivity index (χ0) is 15.9. The summed E-state index contributed by atoms with van der Waals surface area (Å²) in [5.74, 6) is 6.36. The summed E-state index contributed by atoms with van der Waals surface area (Å²) < 4.78 is 33.4. The molecule has 0 radical (unpaired) electrons. The van der Waals surface area contributed by atoms with Crippen LogP contribution in [-0.4, -0.2) is 13.7 Å². The lowest BCUT2D eigenvalue weighted by atomic mass is 10.1. The van der Waals surface area contributed by atoms with Crippen molar-refractivity contribution in [1.82, 2.24) is 0 Å². The molecule has 0 saturated heterocycles. The Morgan fingerprint density at radius 1 is 1.00 bits per heavy atom. The highest BCUT2D eigenvalue weighted by molar-refractivity contribution is 5.51. The normalized spacial score (nSPS) is 9.59. The monoisotopic (exact) mass is 299 g/mol. The molecule has 0 fully saturated rings. The Morgan fingerprint density at radius 2 is 1.64 bits per heavy atom. The third-order valence-corrected chi connectivity index (χ3v) is 2.75. The quantitative estimate of drug-likeness (QED) is 0.814. The van der Waals surface area contributed by atoms with Gasteiger partial charge in [-0.2, -0.15) is 14.0 Å². The summed E-state index contributed by atoms with van der Waals surface area (Å²) in [6.45, 7) is -2.85. The second kappa shape index (κ2) is 7.10. The minimum Gasteiger partial charge on any atom is -0.495 e. The fraction of sp³-hybridized carbons (Fsp3) is 0.118. The molecule has 3 nitrogen and oxygen atoms in total. The number of hydrogen-bond acceptors (Lipinski definition) is 3. The van der Waals surface area contributed by atoms with Crippen LogP contribution in [0.2, 0.25) is 0 Å². The van der Waals surface area contributed by atoms with E-state index in [0.29, 0.717) is 22.4 Å². The van der Waals surface area contributed by atoms with Crippen molar-refractivity contribution in [3.63, 3.8) is 0 Å². The average Bonchev–Trinajstić information content (AvgIpc) is 2.53. The number of ether oxygens (including phenoxy) is 2. The Bertz CT molecular complexity index is 753. The minimum absolute atomic E-state index is 0.0803. The molecule has 5 heteroatoms. The molecule has 2 aromatic carbocycles. The van der Waals surface area contributed by atoms with Crippen LogP contribution in [0.5, 0.6) is 11.5 Å². The highest BCUT2D eigenvalue weighted by Gasteiger charge is 2.03. The van der Waals surface area contributed by atoms with Crippen LogP contribution in [0.1, 0.15) is 16.7 Å². The lowest BCUT2D eigenvalue weighted by Crippen LogP contribution is -2.01. The Morgan fingerprint density at radius 3 is 2.23 bits per heavy atom. The molecule has 0 unspecified atom stereocenters. The van der Waals surface area contributed by atoms with E-state index in [9.17, 15) is 8.78 Å². The molecule has 0 aliphatic rings. The summed E-state index contributed by atoms with van der Waals surface area (Å²) in [5.41, 5.74) is 1.70. The zero-order valence-electron chi connectivity index (χ0n) is 11.6. The van der Waals surface area contributed by atoms with Crippen LogP contribution in [-0.2, 0) is 0 Å². The van der Waals surface area contributed by atoms with Gasteiger partial charge in [-0.05, 0) is 42.5 Å². The van der Waals surface area contributed by atoms with Gasteiger partial charge in [-0.1, -0.05) is 11.8 Å². The Kier molecular flexibility index (Phi) is 4.95. The SMILES string of the molecule is COc1ccc(C#Cc2ccc(OC(F)F)cc2)cc1C#N. The van der Waals surface area contributed by atoms with Gasteiger partial charge in [0.15, 0.2) is 0 Å². The molecule has 0 aliphatic heterocycles. The Balaban J connectivity index is 2.18. The smallest absolute Gasteiger partial charge is 0.387 e. The van der Waals surface area contributed by atoms with Crippen LogP contribution in [0.15, 0.2) is 42.5 Å². The number of alkyl halides is 2. The molecule has 0 heterocycles. The van der Waals surface area contributed by atoms with E-state index in [1.54, 1.807) is 30.3 Å². The fourth-order valence-electron chi connectivity index (χ4n) is 1.74. The summed E-state index contributed by atoms with van der Waals surface area (Å²) >= 11 is 0. The molecule has 22 heavy (non-hydrogen) atoms. The van der Waals surface area contributed by atoms with Gasteiger partial charge in [-0.15, -0.1) is 0 Å². The van der Waals surface area contributed by atoms with Gasteiger partial charge in [0.25, 0.3) is 0 Å². The number of nitriles is 1. The standard InChI is InChI=1S/C17H11F2NO2/c1-21-16-9-6-13(10-14(16)11-20)3-2-12-4-7-15(8-5-12)22-17(18)19/h4-10,17H,1H3. The van der Waals surface area contributed by atoms with E-state index in [-0.39, 0.29) is 5.75 Å². The predicted octanol–water partition coefficient (Wildman–Crippen LogP) is 3.57. The van der Waals surface area contributed by atoms with E-state index in [0.717, 1.165) is 0 Å². The third-order valence-electron chi connectivity index (χ3n) is 2.75. The number of rotatable bonds is 3. The van der Waals surface area contributed by atoms with E-state index in [1.807, 2.05) is 6.07 Å². The lowest BCUT2D eigenvalue weighted by molar-refractivity contribution is -0.0498. The summed E-state index contributed by atoms with van der Waals surface area (Å²) in [6, 6.07) is 13.1. The number of methoxy groups -OCH3 is 1. The van der Waals surface area contributed by atoms with Crippen LogP contribution >= 0.6 is 0 Å². The molecular formula is C17H11F2NO2. The molecule has 2 aromatic rings. The number of nitrogens with zero attached hydrogens (tertiary/aromatic N) is 1. The highest BCUT2D eigenvalue weighted by Crippen LogP contribution is 2.18. The van der Waals surface area contributed by atoms with Crippen molar-refractivity contribution in [2.75, 3.05) is 7.11 Å². The average molecular weight is 299 g/mol. The van der Waals surface area contributed by atoms with Crippen molar-refractivity contribution < 1.29 is 18.3 Å². The largest absolute Gasteiger partial charge is 0.495 e. The van der Waals surface area contributed by atoms with Crippen molar-refractivity contribution in [2.24, 2.45) is 0 Å². The van der Waals surface area contributed by atoms with Crippen molar-refractivity contribution in [3.05, 3.63) is 59.2 Å². The summed E-state index contributed by atoms with van der Waals surface area (Å²) in [6.07, 6.45) is 0. The van der Waals surface area contributed by atoms with Crippen molar-refractivity contribution in [3.8, 4) is 29.4 Å². The molecule has 2 rings (SSSR count). The third kappa shape index (κ3) is 3.97. The maximum atomic E-state index is 12.0. The Labute approximate surface area is 126 Å². The first-order chi connectivity index (χ1) is 10.6. The van der Waals surface area contributed by atoms with Crippen LogP contribution in [0.3, 0.4) is 0 Å². The number of hydrogen-bond donors (Lipinski definition) is 0. The first kappa shape index (κ1) is 15.3. The van der Waals surface area contributed by atoms with Crippen molar-refractivity contribution in [1.29, 1.82) is 5.26 Å². The van der Waals surface area contributed by atoms with Crippen molar-refractivity contribution >= 4 is 0 Å². The maximum Gasteiger partial charge on any atom is 0.387 e.